The first kappa shape index (κ1) is 24.5. The SMILES string of the molecule is Cc1cc(O)c2c(c1)[C@H](O)[C@]13Cc4cc(O)c5c(c4[C@H]1C=C[C@@H](O)[C@@]3(O)C2=O)C(=O)c1c(O)ccc(O)c1C5=O. The van der Waals surface area contributed by atoms with Crippen LogP contribution >= 0.6 is 0 Å². The second kappa shape index (κ2) is 7.36. The van der Waals surface area contributed by atoms with E-state index in [1.54, 1.807) is 6.92 Å². The van der Waals surface area contributed by atoms with Gasteiger partial charge in [0.05, 0.1) is 33.8 Å². The number of hydrogen-bond acceptors (Lipinski definition) is 10. The number of benzene rings is 3. The maximum Gasteiger partial charge on any atom is 0.202 e. The Balaban J connectivity index is 1.55. The Bertz CT molecular complexity index is 1800. The minimum absolute atomic E-state index is 0.0286. The molecule has 0 unspecified atom stereocenters. The number of phenols is 4. The Morgan fingerprint density at radius 3 is 1.98 bits per heavy atom. The van der Waals surface area contributed by atoms with Gasteiger partial charge in [-0.25, -0.2) is 0 Å². The molecule has 4 aliphatic carbocycles. The van der Waals surface area contributed by atoms with Gasteiger partial charge in [0.15, 0.2) is 11.4 Å². The Labute approximate surface area is 225 Å². The first-order valence-electron chi connectivity index (χ1n) is 12.5. The lowest BCUT2D eigenvalue weighted by Gasteiger charge is -2.56. The largest absolute Gasteiger partial charge is 0.507 e. The van der Waals surface area contributed by atoms with Crippen LogP contribution in [0.5, 0.6) is 23.0 Å². The summed E-state index contributed by atoms with van der Waals surface area (Å²) < 4.78 is 0. The molecule has 0 amide bonds. The van der Waals surface area contributed by atoms with Crippen LogP contribution in [-0.2, 0) is 6.42 Å². The summed E-state index contributed by atoms with van der Waals surface area (Å²) in [5, 5.41) is 77.5. The van der Waals surface area contributed by atoms with Gasteiger partial charge in [-0.1, -0.05) is 18.2 Å². The zero-order valence-electron chi connectivity index (χ0n) is 20.8. The molecule has 3 aromatic rings. The van der Waals surface area contributed by atoms with E-state index in [2.05, 4.69) is 0 Å². The smallest absolute Gasteiger partial charge is 0.202 e. The molecule has 0 heterocycles. The number of aliphatic hydroxyl groups excluding tert-OH is 2. The summed E-state index contributed by atoms with van der Waals surface area (Å²) in [6.45, 7) is 1.64. The average molecular weight is 542 g/mol. The molecule has 0 saturated carbocycles. The maximum atomic E-state index is 13.9. The van der Waals surface area contributed by atoms with Crippen molar-refractivity contribution in [2.24, 2.45) is 5.41 Å². The Hall–Kier alpha value is -4.51. The monoisotopic (exact) mass is 542 g/mol. The van der Waals surface area contributed by atoms with E-state index >= 15 is 0 Å². The van der Waals surface area contributed by atoms with Crippen molar-refractivity contribution in [1.29, 1.82) is 0 Å². The van der Waals surface area contributed by atoms with Crippen LogP contribution in [0, 0.1) is 12.3 Å². The molecule has 0 radical (unpaired) electrons. The predicted molar refractivity (Wildman–Crippen MR) is 136 cm³/mol. The van der Waals surface area contributed by atoms with Gasteiger partial charge in [0.2, 0.25) is 11.6 Å². The Morgan fingerprint density at radius 2 is 1.32 bits per heavy atom. The molecule has 5 atom stereocenters. The van der Waals surface area contributed by atoms with E-state index in [1.807, 2.05) is 0 Å². The van der Waals surface area contributed by atoms with Gasteiger partial charge in [-0.3, -0.25) is 14.4 Å². The zero-order chi connectivity index (χ0) is 28.6. The fraction of sp³-hybridized carbons (Fsp3) is 0.233. The molecule has 0 aromatic heterocycles. The van der Waals surface area contributed by atoms with Crippen LogP contribution in [-0.4, -0.2) is 64.8 Å². The number of aliphatic hydroxyl groups is 3. The van der Waals surface area contributed by atoms with E-state index in [4.69, 9.17) is 0 Å². The van der Waals surface area contributed by atoms with E-state index in [0.29, 0.717) is 5.56 Å². The number of aryl methyl sites for hydroxylation is 1. The standard InChI is InChI=1S/C30H22O10/c1-10-6-12-20(16(33)7-10)28(39)30(40)18(35)5-2-13-19-11(9-29(13,30)27(12)38)8-17(34)23-24(19)26(37)22-15(32)4-3-14(31)21(22)25(23)36/h2-8,13,18,27,31-35,38,40H,9H2,1H3/t13-,18-,27+,29+,30-/m1/s1. The summed E-state index contributed by atoms with van der Waals surface area (Å²) in [7, 11) is 0. The van der Waals surface area contributed by atoms with Crippen LogP contribution < -0.4 is 0 Å². The van der Waals surface area contributed by atoms with Crippen LogP contribution in [0.15, 0.2) is 42.5 Å². The number of aromatic hydroxyl groups is 4. The Morgan fingerprint density at radius 1 is 0.750 bits per heavy atom. The van der Waals surface area contributed by atoms with E-state index in [1.165, 1.54) is 24.3 Å². The number of Topliss-reactive ketones (excluding diaryl/α,β-unsaturated/α-hetero) is 1. The van der Waals surface area contributed by atoms with Crippen LogP contribution in [0.3, 0.4) is 0 Å². The third-order valence-electron chi connectivity index (χ3n) is 9.12. The van der Waals surface area contributed by atoms with Crippen LogP contribution in [0.2, 0.25) is 0 Å². The van der Waals surface area contributed by atoms with Crippen molar-refractivity contribution < 1.29 is 50.1 Å². The molecule has 0 aliphatic heterocycles. The van der Waals surface area contributed by atoms with Crippen LogP contribution in [0.1, 0.15) is 76.5 Å². The van der Waals surface area contributed by atoms with Gasteiger partial charge >= 0.3 is 0 Å². The quantitative estimate of drug-likeness (QED) is 0.127. The molecular weight excluding hydrogens is 520 g/mol. The number of rotatable bonds is 0. The highest BCUT2D eigenvalue weighted by molar-refractivity contribution is 6.31. The van der Waals surface area contributed by atoms with Gasteiger partial charge in [-0.2, -0.15) is 0 Å². The number of carbonyl (C=O) groups is 3. The lowest BCUT2D eigenvalue weighted by Crippen LogP contribution is -2.68. The molecule has 202 valence electrons. The number of ketones is 3. The normalized spacial score (nSPS) is 29.3. The summed E-state index contributed by atoms with van der Waals surface area (Å²) in [6, 6.07) is 6.11. The summed E-state index contributed by atoms with van der Waals surface area (Å²) in [4.78, 5) is 41.4. The molecule has 4 aliphatic rings. The molecule has 40 heavy (non-hydrogen) atoms. The first-order chi connectivity index (χ1) is 18.9. The molecule has 7 N–H and O–H groups in total. The number of carbonyl (C=O) groups excluding carboxylic acids is 3. The fourth-order valence-corrected chi connectivity index (χ4v) is 7.50. The third kappa shape index (κ3) is 2.48. The molecule has 0 saturated heterocycles. The number of fused-ring (bicyclic) bond motifs is 6. The summed E-state index contributed by atoms with van der Waals surface area (Å²) >= 11 is 0. The van der Waals surface area contributed by atoms with Gasteiger partial charge in [0.25, 0.3) is 0 Å². The minimum atomic E-state index is -2.67. The lowest BCUT2D eigenvalue weighted by atomic mass is 9.50. The van der Waals surface area contributed by atoms with Gasteiger partial charge in [0, 0.05) is 11.5 Å². The number of phenolic OH excluding ortho intramolecular Hbond substituents is 4. The zero-order valence-corrected chi connectivity index (χ0v) is 20.8. The molecule has 1 spiro atoms. The van der Waals surface area contributed by atoms with Crippen LogP contribution in [0.4, 0.5) is 0 Å². The first-order valence-corrected chi connectivity index (χ1v) is 12.5. The van der Waals surface area contributed by atoms with E-state index in [-0.39, 0.29) is 34.2 Å². The highest BCUT2D eigenvalue weighted by Gasteiger charge is 2.72. The van der Waals surface area contributed by atoms with Gasteiger partial charge < -0.3 is 35.7 Å². The number of allylic oxidation sites excluding steroid dienone is 1. The van der Waals surface area contributed by atoms with Crippen molar-refractivity contribution in [3.05, 3.63) is 92.6 Å². The molecule has 7 rings (SSSR count). The molecule has 0 fully saturated rings. The fourth-order valence-electron chi connectivity index (χ4n) is 7.50. The van der Waals surface area contributed by atoms with Gasteiger partial charge in [0.1, 0.15) is 29.1 Å². The van der Waals surface area contributed by atoms with E-state index < -0.39 is 86.2 Å². The molecular formula is C30H22O10. The minimum Gasteiger partial charge on any atom is -0.507 e. The summed E-state index contributed by atoms with van der Waals surface area (Å²) in [6.07, 6.45) is -1.16. The third-order valence-corrected chi connectivity index (χ3v) is 9.12. The van der Waals surface area contributed by atoms with Crippen molar-refractivity contribution >= 4 is 17.3 Å². The van der Waals surface area contributed by atoms with Crippen molar-refractivity contribution in [1.82, 2.24) is 0 Å². The molecule has 10 heteroatoms. The number of hydrogen-bond donors (Lipinski definition) is 7. The van der Waals surface area contributed by atoms with Crippen molar-refractivity contribution in [3.63, 3.8) is 0 Å². The average Bonchev–Trinajstić information content (AvgIpc) is 3.23. The van der Waals surface area contributed by atoms with Gasteiger partial charge in [-0.15, -0.1) is 0 Å². The van der Waals surface area contributed by atoms with Crippen molar-refractivity contribution in [2.75, 3.05) is 0 Å². The second-order valence-electron chi connectivity index (χ2n) is 11.0. The molecule has 10 nitrogen and oxygen atoms in total. The summed E-state index contributed by atoms with van der Waals surface area (Å²) in [5.41, 5.74) is -5.66. The summed E-state index contributed by atoms with van der Waals surface area (Å²) in [5.74, 6) is -6.15. The van der Waals surface area contributed by atoms with Crippen LogP contribution in [0.25, 0.3) is 0 Å². The molecule has 0 bridgehead atoms. The lowest BCUT2D eigenvalue weighted by molar-refractivity contribution is -0.171. The van der Waals surface area contributed by atoms with E-state index in [0.717, 1.165) is 18.2 Å². The Kier molecular flexibility index (Phi) is 4.51. The second-order valence-corrected chi connectivity index (χ2v) is 11.0. The highest BCUT2D eigenvalue weighted by Crippen LogP contribution is 2.67. The van der Waals surface area contributed by atoms with Gasteiger partial charge in [-0.05, 0) is 59.9 Å². The highest BCUT2D eigenvalue weighted by atomic mass is 16.4. The predicted octanol–water partition coefficient (Wildman–Crippen LogP) is 1.81. The maximum absolute atomic E-state index is 13.9. The molecule has 3 aromatic carbocycles. The van der Waals surface area contributed by atoms with E-state index in [9.17, 15) is 50.1 Å². The van der Waals surface area contributed by atoms with Crippen molar-refractivity contribution in [2.45, 2.75) is 37.1 Å². The van der Waals surface area contributed by atoms with Crippen molar-refractivity contribution in [3.8, 4) is 23.0 Å². The topological polar surface area (TPSA) is 193 Å².